The molecule has 20 heavy (non-hydrogen) atoms. The minimum Gasteiger partial charge on any atom is -0.260 e. The lowest BCUT2D eigenvalue weighted by molar-refractivity contribution is 0.656. The molecule has 4 heteroatoms. The van der Waals surface area contributed by atoms with Crippen molar-refractivity contribution in [1.29, 1.82) is 0 Å². The highest BCUT2D eigenvalue weighted by atomic mass is 32.2. The van der Waals surface area contributed by atoms with E-state index in [2.05, 4.69) is 41.5 Å². The molecule has 0 aromatic heterocycles. The van der Waals surface area contributed by atoms with Crippen LogP contribution < -0.4 is 0 Å². The molecule has 0 aliphatic rings. The molecule has 2 nitrogen and oxygen atoms in total. The second-order valence-electron chi connectivity index (χ2n) is 5.32. The Balaban J connectivity index is 0. The molecule has 2 atom stereocenters. The zero-order valence-electron chi connectivity index (χ0n) is 14.4. The maximum Gasteiger partial charge on any atom is 0.0319 e. The molecule has 0 amide bonds. The minimum atomic E-state index is -0.610. The van der Waals surface area contributed by atoms with Crippen LogP contribution in [0.4, 0.5) is 0 Å². The zero-order valence-corrected chi connectivity index (χ0v) is 16.1. The van der Waals surface area contributed by atoms with Crippen molar-refractivity contribution in [2.75, 3.05) is 11.5 Å². The average molecular weight is 325 g/mol. The molecule has 0 aromatic rings. The van der Waals surface area contributed by atoms with E-state index in [0.717, 1.165) is 50.0 Å². The summed E-state index contributed by atoms with van der Waals surface area (Å²) in [6.45, 7) is 12.6. The molecule has 0 fully saturated rings. The summed E-state index contributed by atoms with van der Waals surface area (Å²) in [5.41, 5.74) is 0. The number of hydrogen-bond acceptors (Lipinski definition) is 2. The fourth-order valence-electron chi connectivity index (χ4n) is 1.44. The third-order valence-electron chi connectivity index (χ3n) is 3.39. The van der Waals surface area contributed by atoms with E-state index in [1.807, 2.05) is 0 Å². The maximum atomic E-state index is 11.4. The molecule has 0 saturated carbocycles. The molecule has 0 N–H and O–H groups in total. The van der Waals surface area contributed by atoms with Crippen LogP contribution in [0.1, 0.15) is 80.1 Å². The molecule has 0 bridgehead atoms. The first kappa shape index (κ1) is 22.6. The van der Waals surface area contributed by atoms with Gasteiger partial charge in [-0.3, -0.25) is 8.42 Å². The predicted molar refractivity (Wildman–Crippen MR) is 95.3 cm³/mol. The van der Waals surface area contributed by atoms with Gasteiger partial charge in [0.05, 0.1) is 0 Å². The molecule has 2 unspecified atom stereocenters. The van der Waals surface area contributed by atoms with Gasteiger partial charge in [-0.2, -0.15) is 0 Å². The van der Waals surface area contributed by atoms with Crippen molar-refractivity contribution in [2.45, 2.75) is 90.6 Å². The highest BCUT2D eigenvalue weighted by Gasteiger charge is 2.13. The normalized spacial score (nSPS) is 15.3. The van der Waals surface area contributed by atoms with Crippen LogP contribution in [0.25, 0.3) is 0 Å². The second kappa shape index (κ2) is 15.7. The van der Waals surface area contributed by atoms with E-state index in [0.29, 0.717) is 10.5 Å². The number of unbranched alkanes of at least 4 members (excludes halogenated alkanes) is 2. The Bertz CT molecular complexity index is 233. The molecular formula is C16H36O2S2. The monoisotopic (exact) mass is 324 g/mol. The third-order valence-corrected chi connectivity index (χ3v) is 7.14. The van der Waals surface area contributed by atoms with Gasteiger partial charge in [-0.25, -0.2) is 0 Å². The van der Waals surface area contributed by atoms with Crippen molar-refractivity contribution < 1.29 is 8.42 Å². The van der Waals surface area contributed by atoms with Crippen molar-refractivity contribution in [3.63, 3.8) is 0 Å². The van der Waals surface area contributed by atoms with E-state index in [9.17, 15) is 8.42 Å². The Morgan fingerprint density at radius 1 is 0.750 bits per heavy atom. The third kappa shape index (κ3) is 13.3. The van der Waals surface area contributed by atoms with Crippen LogP contribution >= 0.6 is 0 Å². The van der Waals surface area contributed by atoms with Gasteiger partial charge in [-0.15, -0.1) is 0 Å². The van der Waals surface area contributed by atoms with E-state index in [1.54, 1.807) is 0 Å². The van der Waals surface area contributed by atoms with Crippen LogP contribution in [-0.2, 0) is 21.6 Å². The average Bonchev–Trinajstić information content (AvgIpc) is 2.48. The second-order valence-corrected chi connectivity index (χ2v) is 9.28. The van der Waals surface area contributed by atoms with Crippen LogP contribution in [-0.4, -0.2) is 30.4 Å². The molecule has 0 heterocycles. The molecule has 0 aliphatic carbocycles. The van der Waals surface area contributed by atoms with E-state index in [1.165, 1.54) is 0 Å². The van der Waals surface area contributed by atoms with Gasteiger partial charge in [0.25, 0.3) is 0 Å². The van der Waals surface area contributed by atoms with E-state index in [4.69, 9.17) is 0 Å². The van der Waals surface area contributed by atoms with Gasteiger partial charge in [-0.1, -0.05) is 54.4 Å². The van der Waals surface area contributed by atoms with Crippen molar-refractivity contribution in [3.05, 3.63) is 0 Å². The molecule has 0 saturated heterocycles. The maximum absolute atomic E-state index is 11.4. The summed E-state index contributed by atoms with van der Waals surface area (Å²) < 4.78 is 22.5. The Morgan fingerprint density at radius 2 is 1.10 bits per heavy atom. The van der Waals surface area contributed by atoms with Crippen molar-refractivity contribution in [2.24, 2.45) is 0 Å². The van der Waals surface area contributed by atoms with Gasteiger partial charge in [0, 0.05) is 43.6 Å². The van der Waals surface area contributed by atoms with E-state index < -0.39 is 21.6 Å². The predicted octanol–water partition coefficient (Wildman–Crippen LogP) is 4.67. The van der Waals surface area contributed by atoms with Gasteiger partial charge in [0.2, 0.25) is 0 Å². The fraction of sp³-hybridized carbons (Fsp3) is 1.00. The zero-order chi connectivity index (χ0) is 16.0. The first-order valence-corrected chi connectivity index (χ1v) is 10.9. The van der Waals surface area contributed by atoms with E-state index >= 15 is 0 Å². The first-order chi connectivity index (χ1) is 9.44. The number of rotatable bonds is 10. The van der Waals surface area contributed by atoms with Crippen LogP contribution in [0, 0.1) is 0 Å². The summed E-state index contributed by atoms with van der Waals surface area (Å²) in [6.07, 6.45) is 6.62. The quantitative estimate of drug-likeness (QED) is 0.585. The Labute approximate surface area is 132 Å². The Hall–Kier alpha value is 0.300. The fourth-order valence-corrected chi connectivity index (χ4v) is 4.31. The van der Waals surface area contributed by atoms with Crippen molar-refractivity contribution in [3.8, 4) is 0 Å². The molecule has 0 radical (unpaired) electrons. The van der Waals surface area contributed by atoms with Crippen molar-refractivity contribution >= 4 is 21.6 Å². The molecule has 0 spiro atoms. The lowest BCUT2D eigenvalue weighted by atomic mass is 10.4. The van der Waals surface area contributed by atoms with Gasteiger partial charge < -0.3 is 0 Å². The summed E-state index contributed by atoms with van der Waals surface area (Å²) in [5, 5.41) is 0.741. The summed E-state index contributed by atoms with van der Waals surface area (Å²) in [6, 6.07) is 0. The molecule has 0 rings (SSSR count). The highest BCUT2D eigenvalue weighted by Crippen LogP contribution is 2.09. The first-order valence-electron chi connectivity index (χ1n) is 8.18. The summed E-state index contributed by atoms with van der Waals surface area (Å²) >= 11 is 0. The smallest absolute Gasteiger partial charge is 0.0319 e. The molecule has 124 valence electrons. The van der Waals surface area contributed by atoms with Crippen LogP contribution in [0.3, 0.4) is 0 Å². The lowest BCUT2D eigenvalue weighted by Crippen LogP contribution is -2.19. The lowest BCUT2D eigenvalue weighted by Gasteiger charge is -2.13. The number of hydrogen-bond donors (Lipinski definition) is 0. The van der Waals surface area contributed by atoms with Crippen LogP contribution in [0.2, 0.25) is 0 Å². The minimum absolute atomic E-state index is 0.370. The van der Waals surface area contributed by atoms with Crippen LogP contribution in [0.5, 0.6) is 0 Å². The molecule has 0 aromatic carbocycles. The highest BCUT2D eigenvalue weighted by molar-refractivity contribution is 7.86. The standard InChI is InChI=1S/2C8H18OS/c1-5-7(3)10(9)8(4)6-2;1-3-5-7-10(9)8-6-4-2/h7-8H,5-6H2,1-4H3;3-8H2,1-2H3. The van der Waals surface area contributed by atoms with Gasteiger partial charge >= 0.3 is 0 Å². The van der Waals surface area contributed by atoms with Crippen LogP contribution in [0.15, 0.2) is 0 Å². The van der Waals surface area contributed by atoms with Gasteiger partial charge in [-0.05, 0) is 25.7 Å². The molecule has 0 aliphatic heterocycles. The topological polar surface area (TPSA) is 34.1 Å². The Morgan fingerprint density at radius 3 is 1.35 bits per heavy atom. The SMILES string of the molecule is CCC(C)S(=O)C(C)CC.CCCCS(=O)CCCC. The van der Waals surface area contributed by atoms with Gasteiger partial charge in [0.15, 0.2) is 0 Å². The Kier molecular flexibility index (Phi) is 17.7. The largest absolute Gasteiger partial charge is 0.260 e. The van der Waals surface area contributed by atoms with Gasteiger partial charge in [0.1, 0.15) is 0 Å². The summed E-state index contributed by atoms with van der Waals surface area (Å²) in [7, 11) is -1.13. The summed E-state index contributed by atoms with van der Waals surface area (Å²) in [4.78, 5) is 0. The summed E-state index contributed by atoms with van der Waals surface area (Å²) in [5.74, 6) is 1.83. The van der Waals surface area contributed by atoms with E-state index in [-0.39, 0.29) is 0 Å². The molecular weight excluding hydrogens is 288 g/mol. The van der Waals surface area contributed by atoms with Crippen molar-refractivity contribution in [1.82, 2.24) is 0 Å².